The van der Waals surface area contributed by atoms with Gasteiger partial charge in [-0.05, 0) is 6.07 Å². The van der Waals surface area contributed by atoms with E-state index in [1.54, 1.807) is 0 Å². The molecule has 0 amide bonds. The van der Waals surface area contributed by atoms with Crippen LogP contribution in [0.3, 0.4) is 0 Å². The van der Waals surface area contributed by atoms with Crippen molar-refractivity contribution in [3.05, 3.63) is 37.5 Å². The molecular formula is C10H8F3N3O6S2. The van der Waals surface area contributed by atoms with E-state index in [4.69, 9.17) is 0 Å². The van der Waals surface area contributed by atoms with E-state index >= 15 is 0 Å². The topological polar surface area (TPSA) is 112 Å². The first kappa shape index (κ1) is 18.2. The number of nitro groups is 1. The lowest BCUT2D eigenvalue weighted by Gasteiger charge is -2.12. The lowest BCUT2D eigenvalue weighted by atomic mass is 10.2. The minimum Gasteiger partial charge on any atom is -0.271 e. The lowest BCUT2D eigenvalue weighted by molar-refractivity contribution is -0.383. The lowest BCUT2D eigenvalue weighted by Crippen LogP contribution is -2.35. The van der Waals surface area contributed by atoms with Crippen LogP contribution in [-0.4, -0.2) is 36.5 Å². The van der Waals surface area contributed by atoms with Crippen LogP contribution in [0.15, 0.2) is 16.9 Å². The number of non-ortho nitro benzene ring substituents is 1. The number of nitro benzene ring substituents is 1. The highest BCUT2D eigenvalue weighted by molar-refractivity contribution is 7.84. The number of fused-ring (bicyclic) bond motifs is 1. The Hall–Kier alpha value is -2.19. The summed E-state index contributed by atoms with van der Waals surface area (Å²) >= 11 is 0.196. The zero-order valence-electron chi connectivity index (χ0n) is 11.9. The summed E-state index contributed by atoms with van der Waals surface area (Å²) in [5.74, 6) is 0. The Labute approximate surface area is 135 Å². The molecule has 14 heteroatoms. The highest BCUT2D eigenvalue weighted by atomic mass is 32.2. The molecule has 0 radical (unpaired) electrons. The van der Waals surface area contributed by atoms with E-state index in [-0.39, 0.29) is 22.1 Å². The summed E-state index contributed by atoms with van der Waals surface area (Å²) in [6, 6.07) is 0.675. The first-order chi connectivity index (χ1) is 10.8. The molecule has 1 aromatic carbocycles. The molecule has 0 aliphatic heterocycles. The van der Waals surface area contributed by atoms with Gasteiger partial charge in [0.2, 0.25) is 0 Å². The van der Waals surface area contributed by atoms with Crippen molar-refractivity contribution in [1.29, 1.82) is 0 Å². The molecule has 132 valence electrons. The third kappa shape index (κ3) is 3.20. The van der Waals surface area contributed by atoms with Crippen LogP contribution in [0.25, 0.3) is 10.2 Å². The number of hydrogen-bond acceptors (Lipinski definition) is 7. The van der Waals surface area contributed by atoms with Crippen molar-refractivity contribution in [2.75, 3.05) is 14.1 Å². The average molecular weight is 387 g/mol. The molecule has 0 spiro atoms. The van der Waals surface area contributed by atoms with E-state index in [1.165, 1.54) is 0 Å². The van der Waals surface area contributed by atoms with Crippen molar-refractivity contribution in [3.63, 3.8) is 0 Å². The summed E-state index contributed by atoms with van der Waals surface area (Å²) in [5, 5.41) is 11.0. The van der Waals surface area contributed by atoms with Gasteiger partial charge in [-0.1, -0.05) is 11.3 Å². The SMILES string of the molecule is CN(C)S(=O)(=O)On1c(=O)sc2c([N+](=O)[O-])cc(C(F)(F)F)cc21. The highest BCUT2D eigenvalue weighted by Gasteiger charge is 2.35. The summed E-state index contributed by atoms with van der Waals surface area (Å²) < 4.78 is 66.7. The molecule has 0 saturated heterocycles. The summed E-state index contributed by atoms with van der Waals surface area (Å²) in [5.41, 5.74) is -3.07. The zero-order valence-corrected chi connectivity index (χ0v) is 13.5. The summed E-state index contributed by atoms with van der Waals surface area (Å²) in [6.45, 7) is 0. The van der Waals surface area contributed by atoms with Crippen LogP contribution in [0.2, 0.25) is 0 Å². The molecule has 0 fully saturated rings. The van der Waals surface area contributed by atoms with Crippen molar-refractivity contribution >= 4 is 37.5 Å². The molecule has 0 saturated carbocycles. The molecule has 2 aromatic rings. The van der Waals surface area contributed by atoms with Crippen molar-refractivity contribution in [2.24, 2.45) is 0 Å². The second-order valence-corrected chi connectivity index (χ2v) is 7.27. The Balaban J connectivity index is 2.83. The summed E-state index contributed by atoms with van der Waals surface area (Å²) in [7, 11) is -2.33. The molecule has 1 aromatic heterocycles. The molecule has 0 atom stereocenters. The summed E-state index contributed by atoms with van der Waals surface area (Å²) in [6.07, 6.45) is -4.94. The van der Waals surface area contributed by atoms with E-state index in [0.29, 0.717) is 10.4 Å². The maximum Gasteiger partial charge on any atom is 0.416 e. The average Bonchev–Trinajstić information content (AvgIpc) is 2.72. The monoisotopic (exact) mass is 387 g/mol. The first-order valence-corrected chi connectivity index (χ1v) is 8.06. The third-order valence-electron chi connectivity index (χ3n) is 2.76. The molecule has 0 unspecified atom stereocenters. The highest BCUT2D eigenvalue weighted by Crippen LogP contribution is 2.37. The van der Waals surface area contributed by atoms with Crippen molar-refractivity contribution in [1.82, 2.24) is 9.04 Å². The zero-order chi connectivity index (χ0) is 18.4. The van der Waals surface area contributed by atoms with Crippen LogP contribution < -0.4 is 9.16 Å². The standard InChI is InChI=1S/C10H8F3N3O6S2/c1-14(2)24(20,21)22-15-6-3-5(10(11,12)13)4-7(16(18)19)8(6)23-9(15)17/h3-4H,1-2H3. The van der Waals surface area contributed by atoms with Gasteiger partial charge in [-0.15, -0.1) is 4.73 Å². The van der Waals surface area contributed by atoms with Gasteiger partial charge in [0.05, 0.1) is 10.5 Å². The van der Waals surface area contributed by atoms with Gasteiger partial charge in [-0.2, -0.15) is 25.9 Å². The Morgan fingerprint density at radius 2 is 1.92 bits per heavy atom. The van der Waals surface area contributed by atoms with Gasteiger partial charge in [0.1, 0.15) is 10.2 Å². The van der Waals surface area contributed by atoms with Gasteiger partial charge in [-0.3, -0.25) is 19.2 Å². The van der Waals surface area contributed by atoms with Crippen LogP contribution >= 0.6 is 11.3 Å². The maximum atomic E-state index is 12.9. The largest absolute Gasteiger partial charge is 0.416 e. The Morgan fingerprint density at radius 3 is 2.38 bits per heavy atom. The fourth-order valence-corrected chi connectivity index (χ4v) is 3.01. The Morgan fingerprint density at radius 1 is 1.33 bits per heavy atom. The Kier molecular flexibility index (Phi) is 4.32. The molecule has 0 bridgehead atoms. The molecule has 0 aliphatic carbocycles. The van der Waals surface area contributed by atoms with Gasteiger partial charge in [-0.25, -0.2) is 0 Å². The number of halogens is 3. The smallest absolute Gasteiger partial charge is 0.271 e. The van der Waals surface area contributed by atoms with E-state index in [2.05, 4.69) is 4.28 Å². The molecule has 0 aliphatic rings. The van der Waals surface area contributed by atoms with Gasteiger partial charge in [0.25, 0.3) is 5.69 Å². The Bertz CT molecular complexity index is 976. The van der Waals surface area contributed by atoms with Crippen LogP contribution in [0.5, 0.6) is 0 Å². The number of aromatic nitrogens is 1. The molecule has 24 heavy (non-hydrogen) atoms. The van der Waals surface area contributed by atoms with E-state index in [1.807, 2.05) is 0 Å². The van der Waals surface area contributed by atoms with Crippen LogP contribution in [0.1, 0.15) is 5.56 Å². The normalized spacial score (nSPS) is 12.8. The molecular weight excluding hydrogens is 379 g/mol. The van der Waals surface area contributed by atoms with Crippen molar-refractivity contribution < 1.29 is 30.8 Å². The van der Waals surface area contributed by atoms with Crippen molar-refractivity contribution in [3.8, 4) is 0 Å². The van der Waals surface area contributed by atoms with Crippen LogP contribution in [-0.2, 0) is 16.5 Å². The van der Waals surface area contributed by atoms with E-state index < -0.39 is 47.7 Å². The van der Waals surface area contributed by atoms with Crippen LogP contribution in [0.4, 0.5) is 18.9 Å². The number of alkyl halides is 3. The second kappa shape index (κ2) is 5.71. The molecule has 9 nitrogen and oxygen atoms in total. The fourth-order valence-electron chi connectivity index (χ4n) is 1.61. The molecule has 1 heterocycles. The minimum absolute atomic E-state index is 0.0809. The number of rotatable bonds is 4. The number of nitrogens with zero attached hydrogens (tertiary/aromatic N) is 3. The summed E-state index contributed by atoms with van der Waals surface area (Å²) in [4.78, 5) is 20.6. The van der Waals surface area contributed by atoms with Gasteiger partial charge in [0, 0.05) is 20.2 Å². The second-order valence-electron chi connectivity index (χ2n) is 4.58. The van der Waals surface area contributed by atoms with E-state index in [9.17, 15) is 36.5 Å². The first-order valence-electron chi connectivity index (χ1n) is 5.88. The van der Waals surface area contributed by atoms with Crippen LogP contribution in [0, 0.1) is 10.1 Å². The van der Waals surface area contributed by atoms with Gasteiger partial charge < -0.3 is 0 Å². The number of benzene rings is 1. The number of thiazole rings is 1. The fraction of sp³-hybridized carbons (Fsp3) is 0.300. The molecule has 0 N–H and O–H groups in total. The minimum atomic E-state index is -4.94. The maximum absolute atomic E-state index is 12.9. The van der Waals surface area contributed by atoms with Gasteiger partial charge in [0.15, 0.2) is 0 Å². The third-order valence-corrected chi connectivity index (χ3v) is 4.96. The molecule has 2 rings (SSSR count). The van der Waals surface area contributed by atoms with E-state index in [0.717, 1.165) is 14.1 Å². The van der Waals surface area contributed by atoms with Gasteiger partial charge >= 0.3 is 21.4 Å². The predicted octanol–water partition coefficient (Wildman–Crippen LogP) is 1.23. The predicted molar refractivity (Wildman–Crippen MR) is 76.9 cm³/mol. The van der Waals surface area contributed by atoms with Crippen molar-refractivity contribution in [2.45, 2.75) is 6.18 Å². The quantitative estimate of drug-likeness (QED) is 0.576. The number of hydrogen-bond donors (Lipinski definition) is 0.